The van der Waals surface area contributed by atoms with Gasteiger partial charge in [0.05, 0.1) is 11.1 Å². The molecular formula is C18H22N4O3S. The van der Waals surface area contributed by atoms with E-state index in [1.165, 1.54) is 30.7 Å². The zero-order chi connectivity index (χ0) is 18.7. The Hall–Kier alpha value is -2.32. The van der Waals surface area contributed by atoms with E-state index in [1.807, 2.05) is 0 Å². The van der Waals surface area contributed by atoms with E-state index >= 15 is 0 Å². The van der Waals surface area contributed by atoms with Crippen molar-refractivity contribution in [1.82, 2.24) is 14.3 Å². The highest BCUT2D eigenvalue weighted by Gasteiger charge is 2.31. The molecule has 8 heteroatoms. The molecule has 1 aliphatic heterocycles. The largest absolute Gasteiger partial charge is 0.321 e. The summed E-state index contributed by atoms with van der Waals surface area (Å²) < 4.78 is 27.3. The Kier molecular flexibility index (Phi) is 5.33. The zero-order valence-corrected chi connectivity index (χ0v) is 15.6. The van der Waals surface area contributed by atoms with Crippen LogP contribution in [0, 0.1) is 11.8 Å². The Morgan fingerprint density at radius 2 is 1.77 bits per heavy atom. The number of nitrogens with zero attached hydrogens (tertiary/aromatic N) is 3. The lowest BCUT2D eigenvalue weighted by Crippen LogP contribution is -2.42. The van der Waals surface area contributed by atoms with E-state index in [1.54, 1.807) is 16.4 Å². The summed E-state index contributed by atoms with van der Waals surface area (Å²) >= 11 is 0. The molecule has 2 aromatic rings. The summed E-state index contributed by atoms with van der Waals surface area (Å²) in [6.07, 6.45) is 5.33. The topological polar surface area (TPSA) is 92.3 Å². The summed E-state index contributed by atoms with van der Waals surface area (Å²) in [7, 11) is -3.53. The Balaban J connectivity index is 1.73. The Morgan fingerprint density at radius 1 is 1.12 bits per heavy atom. The van der Waals surface area contributed by atoms with E-state index in [0.29, 0.717) is 30.6 Å². The first-order chi connectivity index (χ1) is 12.4. The van der Waals surface area contributed by atoms with Gasteiger partial charge in [-0.1, -0.05) is 13.8 Å². The van der Waals surface area contributed by atoms with Gasteiger partial charge in [-0.15, -0.1) is 0 Å². The number of hydrogen-bond acceptors (Lipinski definition) is 5. The quantitative estimate of drug-likeness (QED) is 0.887. The van der Waals surface area contributed by atoms with E-state index in [4.69, 9.17) is 0 Å². The fourth-order valence-corrected chi connectivity index (χ4v) is 4.95. The molecule has 0 spiro atoms. The first-order valence-corrected chi connectivity index (χ1v) is 9.98. The van der Waals surface area contributed by atoms with Crippen molar-refractivity contribution in [2.24, 2.45) is 11.8 Å². The summed E-state index contributed by atoms with van der Waals surface area (Å²) in [5, 5.41) is 2.68. The number of anilines is 1. The standard InChI is InChI=1S/C18H22N4O3S/c1-13-9-14(2)12-22(11-13)26(24,25)16-5-3-15(4-6-16)21-18(23)17-10-19-7-8-20-17/h3-8,10,13-14H,9,11-12H2,1-2H3,(H,21,23). The summed E-state index contributed by atoms with van der Waals surface area (Å²) in [5.41, 5.74) is 0.695. The molecule has 1 amide bonds. The molecule has 1 aromatic heterocycles. The third-order valence-electron chi connectivity index (χ3n) is 4.38. The van der Waals surface area contributed by atoms with Crippen molar-refractivity contribution in [3.05, 3.63) is 48.5 Å². The van der Waals surface area contributed by atoms with Gasteiger partial charge in [0.25, 0.3) is 5.91 Å². The van der Waals surface area contributed by atoms with E-state index < -0.39 is 15.9 Å². The van der Waals surface area contributed by atoms with Gasteiger partial charge in [-0.05, 0) is 42.5 Å². The maximum absolute atomic E-state index is 12.9. The molecule has 0 aliphatic carbocycles. The molecule has 2 unspecified atom stereocenters. The number of amides is 1. The van der Waals surface area contributed by atoms with E-state index in [9.17, 15) is 13.2 Å². The van der Waals surface area contributed by atoms with Crippen LogP contribution in [0.3, 0.4) is 0 Å². The number of benzene rings is 1. The second kappa shape index (κ2) is 7.51. The highest BCUT2D eigenvalue weighted by Crippen LogP contribution is 2.27. The molecule has 2 atom stereocenters. The van der Waals surface area contributed by atoms with E-state index in [2.05, 4.69) is 29.1 Å². The molecule has 1 aliphatic rings. The van der Waals surface area contributed by atoms with Gasteiger partial charge in [-0.25, -0.2) is 13.4 Å². The minimum atomic E-state index is -3.53. The van der Waals surface area contributed by atoms with Gasteiger partial charge < -0.3 is 5.32 Å². The number of carbonyl (C=O) groups excluding carboxylic acids is 1. The maximum atomic E-state index is 12.9. The highest BCUT2D eigenvalue weighted by atomic mass is 32.2. The first-order valence-electron chi connectivity index (χ1n) is 8.54. The van der Waals surface area contributed by atoms with Crippen LogP contribution in [-0.4, -0.2) is 41.7 Å². The molecule has 0 saturated carbocycles. The molecule has 2 heterocycles. The monoisotopic (exact) mass is 374 g/mol. The Bertz CT molecular complexity index is 859. The zero-order valence-electron chi connectivity index (χ0n) is 14.8. The SMILES string of the molecule is CC1CC(C)CN(S(=O)(=O)c2ccc(NC(=O)c3cnccn3)cc2)C1. The fraction of sp³-hybridized carbons (Fsp3) is 0.389. The highest BCUT2D eigenvalue weighted by molar-refractivity contribution is 7.89. The third kappa shape index (κ3) is 4.08. The maximum Gasteiger partial charge on any atom is 0.275 e. The van der Waals surface area contributed by atoms with Crippen molar-refractivity contribution in [2.75, 3.05) is 18.4 Å². The predicted molar refractivity (Wildman–Crippen MR) is 98.1 cm³/mol. The lowest BCUT2D eigenvalue weighted by molar-refractivity contribution is 0.102. The number of rotatable bonds is 4. The van der Waals surface area contributed by atoms with E-state index in [-0.39, 0.29) is 10.6 Å². The average molecular weight is 374 g/mol. The van der Waals surface area contributed by atoms with Crippen LogP contribution in [0.15, 0.2) is 47.8 Å². The first kappa shape index (κ1) is 18.5. The van der Waals surface area contributed by atoms with Crippen molar-refractivity contribution >= 4 is 21.6 Å². The summed E-state index contributed by atoms with van der Waals surface area (Å²) in [6, 6.07) is 6.20. The molecule has 1 saturated heterocycles. The van der Waals surface area contributed by atoms with Crippen molar-refractivity contribution in [3.8, 4) is 0 Å². The van der Waals surface area contributed by atoms with Crippen LogP contribution in [0.25, 0.3) is 0 Å². The lowest BCUT2D eigenvalue weighted by atomic mass is 9.94. The van der Waals surface area contributed by atoms with Crippen LogP contribution in [0.1, 0.15) is 30.8 Å². The molecular weight excluding hydrogens is 352 g/mol. The Morgan fingerprint density at radius 3 is 2.35 bits per heavy atom. The van der Waals surface area contributed by atoms with Crippen LogP contribution < -0.4 is 5.32 Å². The Labute approximate surface area is 153 Å². The van der Waals surface area contributed by atoms with Crippen LogP contribution in [0.5, 0.6) is 0 Å². The number of sulfonamides is 1. The van der Waals surface area contributed by atoms with Crippen LogP contribution in [0.4, 0.5) is 5.69 Å². The second-order valence-electron chi connectivity index (χ2n) is 6.84. The number of aromatic nitrogens is 2. The summed E-state index contributed by atoms with van der Waals surface area (Å²) in [6.45, 7) is 5.22. The molecule has 0 radical (unpaired) electrons. The van der Waals surface area contributed by atoms with Crippen molar-refractivity contribution in [3.63, 3.8) is 0 Å². The van der Waals surface area contributed by atoms with E-state index in [0.717, 1.165) is 6.42 Å². The van der Waals surface area contributed by atoms with Gasteiger partial charge in [0.2, 0.25) is 10.0 Å². The molecule has 7 nitrogen and oxygen atoms in total. The molecule has 26 heavy (non-hydrogen) atoms. The minimum absolute atomic E-state index is 0.195. The van der Waals surface area contributed by atoms with Gasteiger partial charge in [-0.2, -0.15) is 4.31 Å². The van der Waals surface area contributed by atoms with Gasteiger partial charge in [0, 0.05) is 31.2 Å². The van der Waals surface area contributed by atoms with Crippen molar-refractivity contribution < 1.29 is 13.2 Å². The van der Waals surface area contributed by atoms with Crippen molar-refractivity contribution in [2.45, 2.75) is 25.2 Å². The van der Waals surface area contributed by atoms with Crippen LogP contribution in [0.2, 0.25) is 0 Å². The number of carbonyl (C=O) groups is 1. The van der Waals surface area contributed by atoms with Gasteiger partial charge >= 0.3 is 0 Å². The third-order valence-corrected chi connectivity index (χ3v) is 6.23. The lowest BCUT2D eigenvalue weighted by Gasteiger charge is -2.34. The normalized spacial score (nSPS) is 21.3. The van der Waals surface area contributed by atoms with Crippen molar-refractivity contribution in [1.29, 1.82) is 0 Å². The average Bonchev–Trinajstić information content (AvgIpc) is 2.62. The molecule has 3 rings (SSSR count). The second-order valence-corrected chi connectivity index (χ2v) is 8.78. The van der Waals surface area contributed by atoms with Gasteiger partial charge in [-0.3, -0.25) is 9.78 Å². The molecule has 1 N–H and O–H groups in total. The number of piperidine rings is 1. The van der Waals surface area contributed by atoms with Gasteiger partial charge in [0.15, 0.2) is 0 Å². The number of hydrogen-bond donors (Lipinski definition) is 1. The minimum Gasteiger partial charge on any atom is -0.321 e. The smallest absolute Gasteiger partial charge is 0.275 e. The molecule has 1 aromatic carbocycles. The summed E-state index contributed by atoms with van der Waals surface area (Å²) in [4.78, 5) is 20.1. The van der Waals surface area contributed by atoms with Gasteiger partial charge in [0.1, 0.15) is 5.69 Å². The molecule has 1 fully saturated rings. The molecule has 138 valence electrons. The predicted octanol–water partition coefficient (Wildman–Crippen LogP) is 2.40. The van der Waals surface area contributed by atoms with Crippen LogP contribution in [-0.2, 0) is 10.0 Å². The molecule has 0 bridgehead atoms. The summed E-state index contributed by atoms with van der Waals surface area (Å²) in [5.74, 6) is 0.297. The van der Waals surface area contributed by atoms with Crippen LogP contribution >= 0.6 is 0 Å². The fourth-order valence-electron chi connectivity index (χ4n) is 3.27. The number of nitrogens with one attached hydrogen (secondary N) is 1.